The molecule has 2 atom stereocenters. The van der Waals surface area contributed by atoms with Gasteiger partial charge in [0.1, 0.15) is 11.5 Å². The molecule has 184 valence electrons. The molecule has 2 fully saturated rings. The van der Waals surface area contributed by atoms with E-state index in [1.807, 2.05) is 35.2 Å². The van der Waals surface area contributed by atoms with Gasteiger partial charge in [0.05, 0.1) is 20.5 Å². The van der Waals surface area contributed by atoms with E-state index in [-0.39, 0.29) is 17.6 Å². The van der Waals surface area contributed by atoms with Crippen LogP contribution in [-0.2, 0) is 4.79 Å². The number of hydrogen-bond acceptors (Lipinski definition) is 6. The van der Waals surface area contributed by atoms with Gasteiger partial charge < -0.3 is 4.42 Å². The molecule has 1 saturated heterocycles. The maximum Gasteiger partial charge on any atom is 0.270 e. The topological polar surface area (TPSA) is 89.0 Å². The second-order valence-electron chi connectivity index (χ2n) is 8.97. The molecule has 0 spiro atoms. The lowest BCUT2D eigenvalue weighted by atomic mass is 9.85. The summed E-state index contributed by atoms with van der Waals surface area (Å²) in [5.41, 5.74) is 1.14. The summed E-state index contributed by atoms with van der Waals surface area (Å²) in [5, 5.41) is 12.2. The number of nitro groups is 1. The number of non-ortho nitro benzene ring substituents is 1. The van der Waals surface area contributed by atoms with Crippen molar-refractivity contribution in [2.24, 2.45) is 10.9 Å². The van der Waals surface area contributed by atoms with Crippen LogP contribution in [0.1, 0.15) is 38.4 Å². The number of aliphatic imine (C=N–C) groups is 1. The van der Waals surface area contributed by atoms with Crippen LogP contribution in [0.5, 0.6) is 0 Å². The van der Waals surface area contributed by atoms with E-state index >= 15 is 0 Å². The van der Waals surface area contributed by atoms with Gasteiger partial charge in [0.25, 0.3) is 11.6 Å². The van der Waals surface area contributed by atoms with Crippen molar-refractivity contribution < 1.29 is 14.1 Å². The van der Waals surface area contributed by atoms with Crippen molar-refractivity contribution in [1.29, 1.82) is 0 Å². The molecule has 1 amide bonds. The molecule has 0 N–H and O–H groups in total. The number of halogens is 1. The van der Waals surface area contributed by atoms with Crippen LogP contribution in [0, 0.1) is 16.0 Å². The van der Waals surface area contributed by atoms with Gasteiger partial charge in [0.2, 0.25) is 0 Å². The zero-order chi connectivity index (χ0) is 25.2. The third-order valence-electron chi connectivity index (χ3n) is 6.54. The Labute approximate surface area is 218 Å². The minimum atomic E-state index is -0.478. The molecule has 5 rings (SSSR count). The van der Waals surface area contributed by atoms with Crippen LogP contribution in [0.3, 0.4) is 0 Å². The van der Waals surface area contributed by atoms with Crippen LogP contribution in [0.25, 0.3) is 17.4 Å². The fourth-order valence-corrected chi connectivity index (χ4v) is 5.91. The van der Waals surface area contributed by atoms with E-state index in [1.54, 1.807) is 18.2 Å². The number of nitrogens with zero attached hydrogens (tertiary/aromatic N) is 3. The maximum absolute atomic E-state index is 13.6. The largest absolute Gasteiger partial charge is 0.457 e. The number of carbonyl (C=O) groups is 1. The molecule has 3 aromatic rings. The lowest BCUT2D eigenvalue weighted by Crippen LogP contribution is -2.44. The van der Waals surface area contributed by atoms with E-state index in [9.17, 15) is 14.9 Å². The first kappa shape index (κ1) is 24.3. The zero-order valence-electron chi connectivity index (χ0n) is 19.6. The molecule has 1 aliphatic carbocycles. The molecule has 0 bridgehead atoms. The number of carbonyl (C=O) groups excluding carboxylic acids is 1. The highest BCUT2D eigenvalue weighted by molar-refractivity contribution is 8.18. The van der Waals surface area contributed by atoms with Gasteiger partial charge in [-0.2, -0.15) is 0 Å². The van der Waals surface area contributed by atoms with Gasteiger partial charge in [-0.3, -0.25) is 19.8 Å². The number of para-hydroxylation sites is 1. The monoisotopic (exact) mass is 521 g/mol. The number of amidine groups is 1. The molecule has 2 aromatic carbocycles. The Hall–Kier alpha value is -3.36. The van der Waals surface area contributed by atoms with Crippen molar-refractivity contribution >= 4 is 51.9 Å². The minimum Gasteiger partial charge on any atom is -0.457 e. The van der Waals surface area contributed by atoms with E-state index in [4.69, 9.17) is 21.0 Å². The number of hydrogen-bond donors (Lipinski definition) is 0. The molecule has 7 nitrogen and oxygen atoms in total. The first-order valence-corrected chi connectivity index (χ1v) is 13.0. The third-order valence-corrected chi connectivity index (χ3v) is 7.85. The van der Waals surface area contributed by atoms with E-state index in [0.717, 1.165) is 24.9 Å². The predicted octanol–water partition coefficient (Wildman–Crippen LogP) is 7.69. The predicted molar refractivity (Wildman–Crippen MR) is 143 cm³/mol. The lowest BCUT2D eigenvalue weighted by molar-refractivity contribution is -0.384. The number of rotatable bonds is 5. The highest BCUT2D eigenvalue weighted by Crippen LogP contribution is 2.41. The SMILES string of the molecule is C[C@@H]1CCCC[C@@H]1N1C(=O)/C(=C/c2ccc(-c3cc([N+](=O)[O-])ccc3Cl)o2)SC1=Nc1ccccc1. The highest BCUT2D eigenvalue weighted by Gasteiger charge is 2.41. The normalized spacial score (nSPS) is 22.5. The van der Waals surface area contributed by atoms with Crippen LogP contribution in [0.15, 0.2) is 75.0 Å². The van der Waals surface area contributed by atoms with Crippen molar-refractivity contribution in [1.82, 2.24) is 4.90 Å². The van der Waals surface area contributed by atoms with Gasteiger partial charge in [-0.15, -0.1) is 0 Å². The van der Waals surface area contributed by atoms with Gasteiger partial charge >= 0.3 is 0 Å². The van der Waals surface area contributed by atoms with Crippen LogP contribution < -0.4 is 0 Å². The number of thioether (sulfide) groups is 1. The summed E-state index contributed by atoms with van der Waals surface area (Å²) in [6, 6.07) is 17.4. The number of nitro benzene ring substituents is 1. The summed E-state index contributed by atoms with van der Waals surface area (Å²) < 4.78 is 5.94. The van der Waals surface area contributed by atoms with Crippen molar-refractivity contribution in [2.45, 2.75) is 38.6 Å². The fraction of sp³-hybridized carbons (Fsp3) is 0.259. The summed E-state index contributed by atoms with van der Waals surface area (Å²) in [7, 11) is 0. The maximum atomic E-state index is 13.6. The minimum absolute atomic E-state index is 0.0776. The van der Waals surface area contributed by atoms with E-state index in [1.165, 1.54) is 36.4 Å². The molecule has 1 saturated carbocycles. The molecule has 0 unspecified atom stereocenters. The molecular weight excluding hydrogens is 498 g/mol. The number of amides is 1. The van der Waals surface area contributed by atoms with Crippen LogP contribution >= 0.6 is 23.4 Å². The van der Waals surface area contributed by atoms with Crippen LogP contribution in [-0.4, -0.2) is 26.9 Å². The lowest BCUT2D eigenvalue weighted by Gasteiger charge is -2.35. The first-order chi connectivity index (χ1) is 17.4. The smallest absolute Gasteiger partial charge is 0.270 e. The van der Waals surface area contributed by atoms with E-state index in [0.29, 0.717) is 38.1 Å². The number of furan rings is 1. The van der Waals surface area contributed by atoms with E-state index in [2.05, 4.69) is 6.92 Å². The van der Waals surface area contributed by atoms with Crippen LogP contribution in [0.4, 0.5) is 11.4 Å². The molecule has 0 radical (unpaired) electrons. The Morgan fingerprint density at radius 3 is 2.67 bits per heavy atom. The Balaban J connectivity index is 1.48. The Kier molecular flexibility index (Phi) is 6.98. The molecular formula is C27H24ClN3O4S. The standard InChI is InChI=1S/C27H24ClN3O4S/c1-17-7-5-6-10-23(17)30-26(32)25(36-27(30)29-18-8-3-2-4-9-18)16-20-12-14-24(35-20)21-15-19(31(33)34)11-13-22(21)28/h2-4,8-9,11-17,23H,5-7,10H2,1H3/b25-16-,29-27?/t17-,23+/m1/s1. The van der Waals surface area contributed by atoms with Gasteiger partial charge in [-0.25, -0.2) is 4.99 Å². The molecule has 2 aliphatic rings. The van der Waals surface area contributed by atoms with E-state index < -0.39 is 4.92 Å². The second kappa shape index (κ2) is 10.3. The summed E-state index contributed by atoms with van der Waals surface area (Å²) in [4.78, 5) is 31.5. The summed E-state index contributed by atoms with van der Waals surface area (Å²) in [6.07, 6.45) is 6.01. The quantitative estimate of drug-likeness (QED) is 0.195. The Bertz CT molecular complexity index is 1370. The summed E-state index contributed by atoms with van der Waals surface area (Å²) in [5.74, 6) is 1.15. The molecule has 2 heterocycles. The van der Waals surface area contributed by atoms with Crippen molar-refractivity contribution in [3.05, 3.63) is 86.5 Å². The summed E-state index contributed by atoms with van der Waals surface area (Å²) >= 11 is 7.61. The van der Waals surface area contributed by atoms with Crippen molar-refractivity contribution in [2.75, 3.05) is 0 Å². The molecule has 9 heteroatoms. The van der Waals surface area contributed by atoms with Gasteiger partial charge in [-0.1, -0.05) is 49.6 Å². The molecule has 1 aliphatic heterocycles. The average Bonchev–Trinajstić information content (AvgIpc) is 3.45. The van der Waals surface area contributed by atoms with Crippen molar-refractivity contribution in [3.63, 3.8) is 0 Å². The van der Waals surface area contributed by atoms with Gasteiger partial charge in [-0.05, 0) is 60.9 Å². The Morgan fingerprint density at radius 1 is 1.14 bits per heavy atom. The Morgan fingerprint density at radius 2 is 1.92 bits per heavy atom. The zero-order valence-corrected chi connectivity index (χ0v) is 21.2. The molecule has 36 heavy (non-hydrogen) atoms. The second-order valence-corrected chi connectivity index (χ2v) is 10.4. The summed E-state index contributed by atoms with van der Waals surface area (Å²) in [6.45, 7) is 2.20. The van der Waals surface area contributed by atoms with Crippen molar-refractivity contribution in [3.8, 4) is 11.3 Å². The fourth-order valence-electron chi connectivity index (χ4n) is 4.67. The average molecular weight is 522 g/mol. The highest BCUT2D eigenvalue weighted by atomic mass is 35.5. The van der Waals surface area contributed by atoms with Gasteiger partial charge in [0, 0.05) is 29.8 Å². The molecule has 1 aromatic heterocycles. The first-order valence-electron chi connectivity index (χ1n) is 11.8. The van der Waals surface area contributed by atoms with Gasteiger partial charge in [0.15, 0.2) is 5.17 Å². The van der Waals surface area contributed by atoms with Crippen LogP contribution in [0.2, 0.25) is 5.02 Å². The third kappa shape index (κ3) is 4.96. The number of benzene rings is 2.